The minimum atomic E-state index is -0.504. The summed E-state index contributed by atoms with van der Waals surface area (Å²) in [5.74, 6) is -0.504. The first kappa shape index (κ1) is 11.7. The number of anilines is 2. The molecule has 1 fully saturated rings. The lowest BCUT2D eigenvalue weighted by molar-refractivity contribution is 0.200. The predicted octanol–water partition coefficient (Wildman–Crippen LogP) is 2.43. The van der Waals surface area contributed by atoms with Crippen molar-refractivity contribution in [1.82, 2.24) is 4.90 Å². The maximum atomic E-state index is 13.5. The average molecular weight is 237 g/mol. The molecule has 0 spiro atoms. The van der Waals surface area contributed by atoms with Crippen molar-refractivity contribution in [3.8, 4) is 0 Å². The van der Waals surface area contributed by atoms with Crippen molar-refractivity contribution in [3.05, 3.63) is 24.0 Å². The number of hydrogen-bond donors (Lipinski definition) is 2. The summed E-state index contributed by atoms with van der Waals surface area (Å²) < 4.78 is 13.5. The number of nitrogens with one attached hydrogen (secondary N) is 1. The van der Waals surface area contributed by atoms with E-state index >= 15 is 0 Å². The van der Waals surface area contributed by atoms with Crippen LogP contribution in [0.5, 0.6) is 0 Å². The van der Waals surface area contributed by atoms with Gasteiger partial charge in [-0.25, -0.2) is 9.18 Å². The highest BCUT2D eigenvalue weighted by Gasteiger charge is 2.17. The monoisotopic (exact) mass is 237 g/mol. The molecule has 1 aliphatic rings. The van der Waals surface area contributed by atoms with Gasteiger partial charge in [0, 0.05) is 18.8 Å². The van der Waals surface area contributed by atoms with Crippen LogP contribution in [0.25, 0.3) is 0 Å². The van der Waals surface area contributed by atoms with Crippen molar-refractivity contribution in [3.63, 3.8) is 0 Å². The van der Waals surface area contributed by atoms with Crippen LogP contribution in [0.15, 0.2) is 18.2 Å². The number of halogens is 1. The number of carbonyl (C=O) groups excluding carboxylic acids is 1. The number of nitrogens with two attached hydrogens (primary N) is 1. The van der Waals surface area contributed by atoms with Crippen LogP contribution in [0, 0.1) is 5.82 Å². The molecule has 4 nitrogen and oxygen atoms in total. The summed E-state index contributed by atoms with van der Waals surface area (Å²) in [6.45, 7) is 1.48. The number of amides is 2. The summed E-state index contributed by atoms with van der Waals surface area (Å²) in [7, 11) is 0. The lowest BCUT2D eigenvalue weighted by Gasteiger charge is -2.26. The largest absolute Gasteiger partial charge is 0.399 e. The zero-order valence-corrected chi connectivity index (χ0v) is 9.58. The van der Waals surface area contributed by atoms with Gasteiger partial charge >= 0.3 is 6.03 Å². The second kappa shape index (κ2) is 5.03. The zero-order chi connectivity index (χ0) is 12.3. The normalized spacial score (nSPS) is 15.7. The van der Waals surface area contributed by atoms with Gasteiger partial charge < -0.3 is 16.0 Å². The van der Waals surface area contributed by atoms with Gasteiger partial charge in [0.25, 0.3) is 0 Å². The topological polar surface area (TPSA) is 58.4 Å². The number of hydrogen-bond acceptors (Lipinski definition) is 2. The van der Waals surface area contributed by atoms with Crippen LogP contribution in [0.2, 0.25) is 0 Å². The lowest BCUT2D eigenvalue weighted by atomic mass is 10.1. The maximum absolute atomic E-state index is 13.5. The van der Waals surface area contributed by atoms with Gasteiger partial charge in [-0.1, -0.05) is 0 Å². The molecule has 17 heavy (non-hydrogen) atoms. The van der Waals surface area contributed by atoms with E-state index in [0.717, 1.165) is 32.4 Å². The molecule has 1 saturated heterocycles. The molecule has 0 atom stereocenters. The molecule has 2 amide bonds. The molecule has 5 heteroatoms. The number of urea groups is 1. The number of benzene rings is 1. The Bertz CT molecular complexity index is 416. The quantitative estimate of drug-likeness (QED) is 0.737. The van der Waals surface area contributed by atoms with Crippen molar-refractivity contribution in [1.29, 1.82) is 0 Å². The third-order valence-corrected chi connectivity index (χ3v) is 2.88. The van der Waals surface area contributed by atoms with Crippen LogP contribution in [-0.2, 0) is 0 Å². The Hall–Kier alpha value is -1.78. The molecule has 1 aromatic carbocycles. The Morgan fingerprint density at radius 2 is 2.00 bits per heavy atom. The third-order valence-electron chi connectivity index (χ3n) is 2.88. The van der Waals surface area contributed by atoms with Crippen LogP contribution in [0.1, 0.15) is 19.3 Å². The summed E-state index contributed by atoms with van der Waals surface area (Å²) in [4.78, 5) is 13.5. The molecule has 3 N–H and O–H groups in total. The fraction of sp³-hybridized carbons (Fsp3) is 0.417. The summed E-state index contributed by atoms with van der Waals surface area (Å²) in [5.41, 5.74) is 5.96. The van der Waals surface area contributed by atoms with Crippen molar-refractivity contribution in [2.45, 2.75) is 19.3 Å². The fourth-order valence-corrected chi connectivity index (χ4v) is 1.92. The van der Waals surface area contributed by atoms with Gasteiger partial charge in [-0.15, -0.1) is 0 Å². The molecule has 0 aromatic heterocycles. The smallest absolute Gasteiger partial charge is 0.321 e. The van der Waals surface area contributed by atoms with E-state index in [2.05, 4.69) is 5.32 Å². The van der Waals surface area contributed by atoms with E-state index in [0.29, 0.717) is 5.69 Å². The van der Waals surface area contributed by atoms with E-state index < -0.39 is 5.82 Å². The molecular weight excluding hydrogens is 221 g/mol. The molecule has 0 unspecified atom stereocenters. The average Bonchev–Trinajstić information content (AvgIpc) is 2.34. The first-order valence-corrected chi connectivity index (χ1v) is 5.78. The summed E-state index contributed by atoms with van der Waals surface area (Å²) >= 11 is 0. The lowest BCUT2D eigenvalue weighted by Crippen LogP contribution is -2.38. The molecule has 0 bridgehead atoms. The number of piperidine rings is 1. The third kappa shape index (κ3) is 2.87. The molecule has 1 aliphatic heterocycles. The van der Waals surface area contributed by atoms with Crippen LogP contribution in [0.3, 0.4) is 0 Å². The number of rotatable bonds is 1. The molecule has 1 aromatic rings. The highest BCUT2D eigenvalue weighted by atomic mass is 19.1. The second-order valence-electron chi connectivity index (χ2n) is 4.22. The Labute approximate surface area is 99.6 Å². The maximum Gasteiger partial charge on any atom is 0.321 e. The van der Waals surface area contributed by atoms with Gasteiger partial charge in [0.05, 0.1) is 5.69 Å². The van der Waals surface area contributed by atoms with Gasteiger partial charge in [-0.3, -0.25) is 0 Å². The minimum absolute atomic E-state index is 0.176. The number of carbonyl (C=O) groups is 1. The summed E-state index contributed by atoms with van der Waals surface area (Å²) in [6.07, 6.45) is 3.18. The summed E-state index contributed by atoms with van der Waals surface area (Å²) in [6, 6.07) is 4.00. The van der Waals surface area contributed by atoms with E-state index in [-0.39, 0.29) is 11.7 Å². The van der Waals surface area contributed by atoms with Gasteiger partial charge in [-0.2, -0.15) is 0 Å². The fourth-order valence-electron chi connectivity index (χ4n) is 1.92. The first-order chi connectivity index (χ1) is 8.16. The van der Waals surface area contributed by atoms with Gasteiger partial charge in [-0.05, 0) is 37.5 Å². The molecule has 92 valence electrons. The van der Waals surface area contributed by atoms with Crippen LogP contribution in [0.4, 0.5) is 20.6 Å². The Kier molecular flexibility index (Phi) is 3.46. The zero-order valence-electron chi connectivity index (χ0n) is 9.58. The Morgan fingerprint density at radius 3 is 2.65 bits per heavy atom. The van der Waals surface area contributed by atoms with Crippen LogP contribution >= 0.6 is 0 Å². The van der Waals surface area contributed by atoms with Gasteiger partial charge in [0.1, 0.15) is 5.82 Å². The standard InChI is InChI=1S/C12H16FN3O/c13-10-8-9(14)4-5-11(10)15-12(17)16-6-2-1-3-7-16/h4-5,8H,1-3,6-7,14H2,(H,15,17). The van der Waals surface area contributed by atoms with E-state index in [1.54, 1.807) is 11.0 Å². The van der Waals surface area contributed by atoms with E-state index in [4.69, 9.17) is 5.73 Å². The predicted molar refractivity (Wildman–Crippen MR) is 65.3 cm³/mol. The van der Waals surface area contributed by atoms with Crippen LogP contribution in [-0.4, -0.2) is 24.0 Å². The Morgan fingerprint density at radius 1 is 1.29 bits per heavy atom. The Balaban J connectivity index is 2.02. The molecule has 2 rings (SSSR count). The molecule has 1 heterocycles. The molecular formula is C12H16FN3O. The van der Waals surface area contributed by atoms with Crippen molar-refractivity contribution in [2.75, 3.05) is 24.1 Å². The van der Waals surface area contributed by atoms with Gasteiger partial charge in [0.15, 0.2) is 0 Å². The van der Waals surface area contributed by atoms with Crippen molar-refractivity contribution in [2.24, 2.45) is 0 Å². The van der Waals surface area contributed by atoms with Gasteiger partial charge in [0.2, 0.25) is 0 Å². The second-order valence-corrected chi connectivity index (χ2v) is 4.22. The van der Waals surface area contributed by atoms with E-state index in [9.17, 15) is 9.18 Å². The van der Waals surface area contributed by atoms with E-state index in [1.807, 2.05) is 0 Å². The van der Waals surface area contributed by atoms with Crippen molar-refractivity contribution >= 4 is 17.4 Å². The van der Waals surface area contributed by atoms with Crippen molar-refractivity contribution < 1.29 is 9.18 Å². The highest BCUT2D eigenvalue weighted by Crippen LogP contribution is 2.18. The van der Waals surface area contributed by atoms with E-state index in [1.165, 1.54) is 12.1 Å². The SMILES string of the molecule is Nc1ccc(NC(=O)N2CCCCC2)c(F)c1. The first-order valence-electron chi connectivity index (χ1n) is 5.78. The minimum Gasteiger partial charge on any atom is -0.399 e. The number of likely N-dealkylation sites (tertiary alicyclic amines) is 1. The van der Waals surface area contributed by atoms with Crippen LogP contribution < -0.4 is 11.1 Å². The number of nitrogen functional groups attached to an aromatic ring is 1. The summed E-state index contributed by atoms with van der Waals surface area (Å²) in [5, 5.41) is 2.56. The molecule has 0 aliphatic carbocycles. The molecule has 0 radical (unpaired) electrons. The highest BCUT2D eigenvalue weighted by molar-refractivity contribution is 5.89. The number of nitrogens with zero attached hydrogens (tertiary/aromatic N) is 1. The molecule has 0 saturated carbocycles.